The highest BCUT2D eigenvalue weighted by Gasteiger charge is 2.31. The van der Waals surface area contributed by atoms with Gasteiger partial charge < -0.3 is 5.73 Å². The molecule has 0 aliphatic carbocycles. The van der Waals surface area contributed by atoms with Crippen molar-refractivity contribution in [3.8, 4) is 11.4 Å². The van der Waals surface area contributed by atoms with Gasteiger partial charge in [-0.25, -0.2) is 4.68 Å². The molecule has 2 N–H and O–H groups in total. The van der Waals surface area contributed by atoms with Gasteiger partial charge in [-0.05, 0) is 22.6 Å². The second-order valence-electron chi connectivity index (χ2n) is 3.64. The number of hydrogen-bond donors (Lipinski definition) is 1. The van der Waals surface area contributed by atoms with Gasteiger partial charge in [0, 0.05) is 11.3 Å². The number of alkyl halides is 3. The molecule has 0 fully saturated rings. The SMILES string of the molecule is Nc1cc(Cl)c(Cl)c(-c2nnnn2CC(F)(F)F)c1. The summed E-state index contributed by atoms with van der Waals surface area (Å²) in [6.07, 6.45) is -4.46. The molecule has 2 aromatic rings. The maximum Gasteiger partial charge on any atom is 0.408 e. The lowest BCUT2D eigenvalue weighted by molar-refractivity contribution is -0.142. The van der Waals surface area contributed by atoms with E-state index >= 15 is 0 Å². The molecule has 0 amide bonds. The van der Waals surface area contributed by atoms with Crippen LogP contribution in [0.25, 0.3) is 11.4 Å². The summed E-state index contributed by atoms with van der Waals surface area (Å²) in [4.78, 5) is 0. The fourth-order valence-corrected chi connectivity index (χ4v) is 1.87. The zero-order chi connectivity index (χ0) is 14.2. The van der Waals surface area contributed by atoms with E-state index in [1.807, 2.05) is 0 Å². The van der Waals surface area contributed by atoms with E-state index in [2.05, 4.69) is 15.5 Å². The van der Waals surface area contributed by atoms with Crippen molar-refractivity contribution in [1.82, 2.24) is 20.2 Å². The zero-order valence-electron chi connectivity index (χ0n) is 9.12. The van der Waals surface area contributed by atoms with Gasteiger partial charge in [-0.3, -0.25) is 0 Å². The summed E-state index contributed by atoms with van der Waals surface area (Å²) in [7, 11) is 0. The second-order valence-corrected chi connectivity index (χ2v) is 4.42. The number of nitrogens with two attached hydrogens (primary N) is 1. The van der Waals surface area contributed by atoms with Crippen LogP contribution in [0.1, 0.15) is 0 Å². The summed E-state index contributed by atoms with van der Waals surface area (Å²) >= 11 is 11.7. The predicted octanol–water partition coefficient (Wildman–Crippen LogP) is 2.79. The van der Waals surface area contributed by atoms with Crippen molar-refractivity contribution < 1.29 is 13.2 Å². The van der Waals surface area contributed by atoms with Gasteiger partial charge in [0.1, 0.15) is 6.54 Å². The Balaban J connectivity index is 2.52. The second kappa shape index (κ2) is 4.86. The van der Waals surface area contributed by atoms with Gasteiger partial charge in [0.15, 0.2) is 5.82 Å². The minimum atomic E-state index is -4.46. The maximum atomic E-state index is 12.4. The van der Waals surface area contributed by atoms with Crippen LogP contribution in [0.2, 0.25) is 10.0 Å². The molecule has 0 radical (unpaired) electrons. The van der Waals surface area contributed by atoms with Crippen LogP contribution in [0.15, 0.2) is 12.1 Å². The standard InChI is InChI=1S/C9H6Cl2F3N5/c10-6-2-4(15)1-5(7(6)11)8-16-17-18-19(8)3-9(12,13)14/h1-2H,3,15H2. The lowest BCUT2D eigenvalue weighted by Crippen LogP contribution is -2.19. The van der Waals surface area contributed by atoms with Gasteiger partial charge >= 0.3 is 6.18 Å². The maximum absolute atomic E-state index is 12.4. The van der Waals surface area contributed by atoms with E-state index < -0.39 is 12.7 Å². The van der Waals surface area contributed by atoms with Crippen molar-refractivity contribution in [2.45, 2.75) is 12.7 Å². The average molecular weight is 312 g/mol. The molecule has 102 valence electrons. The van der Waals surface area contributed by atoms with Crippen LogP contribution in [-0.4, -0.2) is 26.4 Å². The van der Waals surface area contributed by atoms with Crippen molar-refractivity contribution in [2.75, 3.05) is 5.73 Å². The van der Waals surface area contributed by atoms with Gasteiger partial charge in [0.05, 0.1) is 10.0 Å². The monoisotopic (exact) mass is 311 g/mol. The number of aromatic nitrogens is 4. The van der Waals surface area contributed by atoms with E-state index in [9.17, 15) is 13.2 Å². The van der Waals surface area contributed by atoms with Gasteiger partial charge in [-0.2, -0.15) is 13.2 Å². The van der Waals surface area contributed by atoms with Crippen LogP contribution in [-0.2, 0) is 6.54 Å². The topological polar surface area (TPSA) is 69.6 Å². The molecule has 0 aliphatic heterocycles. The summed E-state index contributed by atoms with van der Waals surface area (Å²) in [6, 6.07) is 2.73. The Morgan fingerprint density at radius 1 is 1.26 bits per heavy atom. The molecule has 0 saturated heterocycles. The van der Waals surface area contributed by atoms with Crippen LogP contribution in [0.3, 0.4) is 0 Å². The Bertz CT molecular complexity index is 610. The van der Waals surface area contributed by atoms with Crippen molar-refractivity contribution >= 4 is 28.9 Å². The fourth-order valence-electron chi connectivity index (χ4n) is 1.45. The number of nitrogens with zero attached hydrogens (tertiary/aromatic N) is 4. The fraction of sp³-hybridized carbons (Fsp3) is 0.222. The largest absolute Gasteiger partial charge is 0.408 e. The lowest BCUT2D eigenvalue weighted by atomic mass is 10.2. The molecule has 0 unspecified atom stereocenters. The van der Waals surface area contributed by atoms with E-state index in [-0.39, 0.29) is 27.1 Å². The molecule has 0 aliphatic rings. The van der Waals surface area contributed by atoms with Crippen molar-refractivity contribution in [1.29, 1.82) is 0 Å². The molecule has 1 aromatic heterocycles. The minimum absolute atomic E-state index is 0.0362. The first-order chi connectivity index (χ1) is 8.78. The van der Waals surface area contributed by atoms with Crippen LogP contribution < -0.4 is 5.73 Å². The molecular weight excluding hydrogens is 306 g/mol. The molecule has 19 heavy (non-hydrogen) atoms. The number of rotatable bonds is 2. The molecular formula is C9H6Cl2F3N5. The third-order valence-electron chi connectivity index (χ3n) is 2.15. The summed E-state index contributed by atoms with van der Waals surface area (Å²) < 4.78 is 37.7. The number of anilines is 1. The van der Waals surface area contributed by atoms with Crippen LogP contribution in [0.4, 0.5) is 18.9 Å². The Morgan fingerprint density at radius 2 is 1.95 bits per heavy atom. The molecule has 5 nitrogen and oxygen atoms in total. The number of nitrogen functional groups attached to an aromatic ring is 1. The Labute approximate surface area is 115 Å². The highest BCUT2D eigenvalue weighted by Crippen LogP contribution is 2.35. The Morgan fingerprint density at radius 3 is 2.58 bits per heavy atom. The summed E-state index contributed by atoms with van der Waals surface area (Å²) in [5.74, 6) is -0.156. The normalized spacial score (nSPS) is 11.8. The smallest absolute Gasteiger partial charge is 0.399 e. The number of halogens is 5. The van der Waals surface area contributed by atoms with E-state index in [1.165, 1.54) is 12.1 Å². The molecule has 2 rings (SSSR count). The molecule has 1 heterocycles. The minimum Gasteiger partial charge on any atom is -0.399 e. The molecule has 0 atom stereocenters. The third-order valence-corrected chi connectivity index (χ3v) is 2.95. The summed E-state index contributed by atoms with van der Waals surface area (Å²) in [5.41, 5.74) is 5.95. The molecule has 0 saturated carbocycles. The van der Waals surface area contributed by atoms with Crippen molar-refractivity contribution in [3.05, 3.63) is 22.2 Å². The van der Waals surface area contributed by atoms with Gasteiger partial charge in [0.25, 0.3) is 0 Å². The van der Waals surface area contributed by atoms with Crippen LogP contribution >= 0.6 is 23.2 Å². The third kappa shape index (κ3) is 3.07. The number of benzene rings is 1. The highest BCUT2D eigenvalue weighted by atomic mass is 35.5. The van der Waals surface area contributed by atoms with Crippen LogP contribution in [0.5, 0.6) is 0 Å². The van der Waals surface area contributed by atoms with Gasteiger partial charge in [0.2, 0.25) is 0 Å². The Kier molecular flexibility index (Phi) is 3.55. The molecule has 10 heteroatoms. The van der Waals surface area contributed by atoms with E-state index in [1.54, 1.807) is 0 Å². The Hall–Kier alpha value is -1.54. The van der Waals surface area contributed by atoms with E-state index in [0.717, 1.165) is 0 Å². The van der Waals surface area contributed by atoms with Crippen LogP contribution in [0, 0.1) is 0 Å². The van der Waals surface area contributed by atoms with Crippen molar-refractivity contribution in [2.24, 2.45) is 0 Å². The predicted molar refractivity (Wildman–Crippen MR) is 63.7 cm³/mol. The first-order valence-corrected chi connectivity index (χ1v) is 5.61. The zero-order valence-corrected chi connectivity index (χ0v) is 10.6. The van der Waals surface area contributed by atoms with Crippen molar-refractivity contribution in [3.63, 3.8) is 0 Å². The van der Waals surface area contributed by atoms with Gasteiger partial charge in [-0.1, -0.05) is 23.2 Å². The average Bonchev–Trinajstić information content (AvgIpc) is 2.68. The highest BCUT2D eigenvalue weighted by molar-refractivity contribution is 6.43. The summed E-state index contributed by atoms with van der Waals surface area (Å²) in [6.45, 7) is -1.34. The molecule has 0 spiro atoms. The molecule has 1 aromatic carbocycles. The van der Waals surface area contributed by atoms with E-state index in [0.29, 0.717) is 4.68 Å². The first-order valence-electron chi connectivity index (χ1n) is 4.86. The first kappa shape index (κ1) is 13.9. The summed E-state index contributed by atoms with van der Waals surface area (Å²) in [5, 5.41) is 10.1. The van der Waals surface area contributed by atoms with Gasteiger partial charge in [-0.15, -0.1) is 5.10 Å². The number of hydrogen-bond acceptors (Lipinski definition) is 4. The lowest BCUT2D eigenvalue weighted by Gasteiger charge is -2.10. The number of tetrazole rings is 1. The van der Waals surface area contributed by atoms with E-state index in [4.69, 9.17) is 28.9 Å². The quantitative estimate of drug-likeness (QED) is 0.866. The molecule has 0 bridgehead atoms.